The first-order valence-electron chi connectivity index (χ1n) is 13.1. The van der Waals surface area contributed by atoms with Gasteiger partial charge < -0.3 is 0 Å². The van der Waals surface area contributed by atoms with Crippen molar-refractivity contribution in [1.82, 2.24) is 4.44 Å². The van der Waals surface area contributed by atoms with E-state index in [2.05, 4.69) is 95.4 Å². The summed E-state index contributed by atoms with van der Waals surface area (Å²) < 4.78 is 18.5. The van der Waals surface area contributed by atoms with Crippen molar-refractivity contribution in [2.24, 2.45) is 0 Å². The Hall–Kier alpha value is -2.37. The van der Waals surface area contributed by atoms with Crippen LogP contribution < -0.4 is 10.6 Å². The molecule has 4 aromatic rings. The third kappa shape index (κ3) is 3.69. The summed E-state index contributed by atoms with van der Waals surface area (Å²) >= 11 is 0. The highest BCUT2D eigenvalue weighted by Gasteiger charge is 2.54. The molecular weight excluding hydrogens is 479 g/mol. The van der Waals surface area contributed by atoms with Gasteiger partial charge in [0.15, 0.2) is 0 Å². The Bertz CT molecular complexity index is 1310. The fourth-order valence-corrected chi connectivity index (χ4v) is 14.6. The minimum absolute atomic E-state index is 0.0529. The fourth-order valence-electron chi connectivity index (χ4n) is 6.58. The lowest BCUT2D eigenvalue weighted by molar-refractivity contribution is 0.255. The molecule has 1 aliphatic carbocycles. The molecule has 2 heterocycles. The first-order valence-corrected chi connectivity index (χ1v) is 15.8. The summed E-state index contributed by atoms with van der Waals surface area (Å²) in [7, 11) is -1.50. The van der Waals surface area contributed by atoms with E-state index < -0.39 is 16.1 Å². The third-order valence-electron chi connectivity index (χ3n) is 8.34. The normalized spacial score (nSPS) is 27.8. The van der Waals surface area contributed by atoms with Crippen molar-refractivity contribution >= 4 is 26.8 Å². The van der Waals surface area contributed by atoms with Crippen molar-refractivity contribution in [3.8, 4) is 0 Å². The van der Waals surface area contributed by atoms with E-state index in [0.29, 0.717) is 23.3 Å². The number of fused-ring (bicyclic) bond motifs is 3. The lowest BCUT2D eigenvalue weighted by atomic mass is 9.75. The maximum Gasteiger partial charge on any atom is 0.132 e. The zero-order valence-corrected chi connectivity index (χ0v) is 22.0. The Morgan fingerprint density at radius 1 is 0.583 bits per heavy atom. The van der Waals surface area contributed by atoms with Gasteiger partial charge >= 0.3 is 0 Å². The maximum absolute atomic E-state index is 15.6. The van der Waals surface area contributed by atoms with Crippen LogP contribution in [0.3, 0.4) is 0 Å². The molecule has 4 aromatic carbocycles. The molecule has 1 nitrogen and oxygen atoms in total. The molecule has 0 spiro atoms. The second-order valence-electron chi connectivity index (χ2n) is 10.2. The Morgan fingerprint density at radius 2 is 1.14 bits per heavy atom. The van der Waals surface area contributed by atoms with Crippen LogP contribution in [-0.4, -0.2) is 10.5 Å². The van der Waals surface area contributed by atoms with Gasteiger partial charge in [-0.05, 0) is 67.9 Å². The van der Waals surface area contributed by atoms with E-state index >= 15 is 4.39 Å². The van der Waals surface area contributed by atoms with Gasteiger partial charge in [0, 0.05) is 36.7 Å². The number of halogens is 1. The predicted octanol–water partition coefficient (Wildman–Crippen LogP) is 8.41. The first kappa shape index (κ1) is 22.8. The zero-order valence-electron chi connectivity index (χ0n) is 20.2. The average molecular weight is 510 g/mol. The minimum Gasteiger partial charge on any atom is -0.248 e. The maximum atomic E-state index is 15.6. The van der Waals surface area contributed by atoms with Crippen LogP contribution in [-0.2, 0) is 0 Å². The fraction of sp³-hybridized carbons (Fsp3) is 0.250. The lowest BCUT2D eigenvalue weighted by Gasteiger charge is -2.57. The summed E-state index contributed by atoms with van der Waals surface area (Å²) in [6.07, 6.45) is 4.86. The van der Waals surface area contributed by atoms with Gasteiger partial charge in [0.2, 0.25) is 0 Å². The highest BCUT2D eigenvalue weighted by Crippen LogP contribution is 2.79. The second kappa shape index (κ2) is 9.50. The second-order valence-corrected chi connectivity index (χ2v) is 15.0. The van der Waals surface area contributed by atoms with Gasteiger partial charge in [-0.3, -0.25) is 0 Å². The molecular formula is C32H30FNP2. The largest absolute Gasteiger partial charge is 0.248 e. The van der Waals surface area contributed by atoms with Crippen molar-refractivity contribution in [1.29, 1.82) is 0 Å². The van der Waals surface area contributed by atoms with Crippen LogP contribution in [0, 0.1) is 5.82 Å². The molecule has 0 N–H and O–H groups in total. The number of benzene rings is 4. The summed E-state index contributed by atoms with van der Waals surface area (Å²) in [5.74, 6) is 0.519. The van der Waals surface area contributed by atoms with Crippen LogP contribution in [0.1, 0.15) is 59.6 Å². The van der Waals surface area contributed by atoms with Crippen LogP contribution in [0.15, 0.2) is 109 Å². The van der Waals surface area contributed by atoms with E-state index in [1.54, 1.807) is 6.07 Å². The molecule has 3 unspecified atom stereocenters. The molecule has 36 heavy (non-hydrogen) atoms. The van der Waals surface area contributed by atoms with E-state index in [4.69, 9.17) is 0 Å². The molecule has 1 saturated carbocycles. The molecule has 0 aromatic heterocycles. The summed E-state index contributed by atoms with van der Waals surface area (Å²) in [5, 5.41) is 2.28. The van der Waals surface area contributed by atoms with Crippen LogP contribution >= 0.6 is 16.1 Å². The third-order valence-corrected chi connectivity index (χ3v) is 15.0. The van der Waals surface area contributed by atoms with Crippen LogP contribution in [0.2, 0.25) is 0 Å². The zero-order chi connectivity index (χ0) is 24.1. The summed E-state index contributed by atoms with van der Waals surface area (Å²) in [6.45, 7) is 0. The highest BCUT2D eigenvalue weighted by molar-refractivity contribution is 7.79. The Labute approximate surface area is 216 Å². The number of hydrogen-bond donors (Lipinski definition) is 0. The van der Waals surface area contributed by atoms with Crippen molar-refractivity contribution < 1.29 is 4.39 Å². The Morgan fingerprint density at radius 3 is 1.72 bits per heavy atom. The first-order chi connectivity index (χ1) is 17.8. The van der Waals surface area contributed by atoms with Crippen molar-refractivity contribution in [2.75, 3.05) is 0 Å². The van der Waals surface area contributed by atoms with Gasteiger partial charge in [0.05, 0.1) is 0 Å². The quantitative estimate of drug-likeness (QED) is 0.250. The van der Waals surface area contributed by atoms with E-state index in [1.807, 2.05) is 12.1 Å². The van der Waals surface area contributed by atoms with Gasteiger partial charge in [0.1, 0.15) is 5.82 Å². The topological polar surface area (TPSA) is 3.24 Å². The van der Waals surface area contributed by atoms with Gasteiger partial charge in [-0.1, -0.05) is 97.1 Å². The van der Waals surface area contributed by atoms with Gasteiger partial charge in [-0.2, -0.15) is 0 Å². The molecule has 2 aliphatic heterocycles. The predicted molar refractivity (Wildman–Crippen MR) is 151 cm³/mol. The number of rotatable bonds is 4. The highest BCUT2D eigenvalue weighted by atomic mass is 31.2. The molecule has 2 fully saturated rings. The monoisotopic (exact) mass is 509 g/mol. The number of nitrogens with zero attached hydrogens (tertiary/aromatic N) is 1. The summed E-state index contributed by atoms with van der Waals surface area (Å²) in [6, 6.07) is 39.4. The average Bonchev–Trinajstić information content (AvgIpc) is 3.35. The smallest absolute Gasteiger partial charge is 0.132 e. The van der Waals surface area contributed by atoms with E-state index in [0.717, 1.165) is 5.30 Å². The van der Waals surface area contributed by atoms with E-state index in [1.165, 1.54) is 47.7 Å². The van der Waals surface area contributed by atoms with Crippen LogP contribution in [0.25, 0.3) is 0 Å². The minimum atomic E-state index is -0.940. The standard InChI is InChI=1S/C32H30FNP2/c33-27-16-8-10-18-32(27)36-31-17-9-7-15-26(31)25-19-20-28(25)34(36)35-29(23-11-3-1-4-12-23)21-22-30(35)24-13-5-2-6-14-24/h1-18,25,28-30H,19-22H2/t25?,28?,29-,30-,36?/m1/s1. The molecule has 180 valence electrons. The van der Waals surface area contributed by atoms with Gasteiger partial charge in [0.25, 0.3) is 0 Å². The molecule has 1 saturated heterocycles. The summed E-state index contributed by atoms with van der Waals surface area (Å²) in [5.41, 5.74) is 5.41. The summed E-state index contributed by atoms with van der Waals surface area (Å²) in [4.78, 5) is 0. The van der Waals surface area contributed by atoms with Crippen molar-refractivity contribution in [3.63, 3.8) is 0 Å². The van der Waals surface area contributed by atoms with E-state index in [-0.39, 0.29) is 5.82 Å². The van der Waals surface area contributed by atoms with Gasteiger partial charge in [-0.25, -0.2) is 8.83 Å². The van der Waals surface area contributed by atoms with Crippen molar-refractivity contribution in [2.45, 2.75) is 49.0 Å². The molecule has 0 radical (unpaired) electrons. The lowest BCUT2D eigenvalue weighted by Crippen LogP contribution is -2.50. The molecule has 0 bridgehead atoms. The van der Waals surface area contributed by atoms with E-state index in [9.17, 15) is 0 Å². The molecule has 5 atom stereocenters. The Kier molecular flexibility index (Phi) is 6.01. The van der Waals surface area contributed by atoms with Crippen LogP contribution in [0.5, 0.6) is 0 Å². The molecule has 3 aliphatic rings. The SMILES string of the molecule is Fc1ccccc1P1c2ccccc2C2CCC2N1P1[C@@H](c2ccccc2)CC[C@@H]1c1ccccc1. The van der Waals surface area contributed by atoms with Crippen molar-refractivity contribution in [3.05, 3.63) is 132 Å². The Balaban J connectivity index is 1.44. The molecule has 7 rings (SSSR count). The number of hydrogen-bond acceptors (Lipinski definition) is 1. The molecule has 4 heteroatoms. The van der Waals surface area contributed by atoms with Crippen LogP contribution in [0.4, 0.5) is 4.39 Å². The van der Waals surface area contributed by atoms with Gasteiger partial charge in [-0.15, -0.1) is 0 Å². The molecule has 0 amide bonds.